The van der Waals surface area contributed by atoms with Crippen LogP contribution < -0.4 is 11.2 Å². The number of sulfonamides is 1. The van der Waals surface area contributed by atoms with Crippen LogP contribution in [0.15, 0.2) is 32.7 Å². The number of methoxy groups -OCH3 is 1. The van der Waals surface area contributed by atoms with Gasteiger partial charge >= 0.3 is 11.7 Å². The van der Waals surface area contributed by atoms with Crippen molar-refractivity contribution in [2.75, 3.05) is 33.4 Å². The summed E-state index contributed by atoms with van der Waals surface area (Å²) < 4.78 is 36.4. The predicted molar refractivity (Wildman–Crippen MR) is 92.5 cm³/mol. The molecule has 0 atom stereocenters. The van der Waals surface area contributed by atoms with Gasteiger partial charge in [-0.25, -0.2) is 13.2 Å². The van der Waals surface area contributed by atoms with Crippen LogP contribution in [0, 0.1) is 0 Å². The largest absolute Gasteiger partial charge is 0.465 e. The maximum Gasteiger partial charge on any atom is 0.326 e. The third-order valence-electron chi connectivity index (χ3n) is 3.50. The van der Waals surface area contributed by atoms with Crippen LogP contribution in [0.1, 0.15) is 6.92 Å². The van der Waals surface area contributed by atoms with Gasteiger partial charge in [0, 0.05) is 13.7 Å². The zero-order chi connectivity index (χ0) is 19.3. The molecule has 0 fully saturated rings. The van der Waals surface area contributed by atoms with E-state index >= 15 is 0 Å². The summed E-state index contributed by atoms with van der Waals surface area (Å²) in [7, 11) is -2.69. The zero-order valence-electron chi connectivity index (χ0n) is 14.3. The van der Waals surface area contributed by atoms with E-state index in [0.717, 1.165) is 10.4 Å². The quantitative estimate of drug-likeness (QED) is 0.579. The number of carbonyl (C=O) groups is 1. The molecule has 142 valence electrons. The van der Waals surface area contributed by atoms with Gasteiger partial charge in [0.25, 0.3) is 5.56 Å². The van der Waals surface area contributed by atoms with E-state index in [-0.39, 0.29) is 35.6 Å². The summed E-state index contributed by atoms with van der Waals surface area (Å²) in [4.78, 5) is 39.2. The number of benzene rings is 1. The molecule has 2 aromatic rings. The minimum atomic E-state index is -4.10. The number of esters is 1. The van der Waals surface area contributed by atoms with Crippen LogP contribution in [-0.4, -0.2) is 62.1 Å². The number of hydrogen-bond acceptors (Lipinski definition) is 7. The molecular weight excluding hydrogens is 366 g/mol. The maximum absolute atomic E-state index is 12.9. The molecule has 2 rings (SSSR count). The van der Waals surface area contributed by atoms with Crippen LogP contribution in [0.25, 0.3) is 10.9 Å². The van der Waals surface area contributed by atoms with Crippen molar-refractivity contribution in [3.63, 3.8) is 0 Å². The van der Waals surface area contributed by atoms with Gasteiger partial charge in [-0.05, 0) is 25.1 Å². The molecule has 0 saturated carbocycles. The fraction of sp³-hybridized carbons (Fsp3) is 0.400. The molecule has 26 heavy (non-hydrogen) atoms. The second-order valence-electron chi connectivity index (χ2n) is 5.25. The van der Waals surface area contributed by atoms with Gasteiger partial charge in [0.15, 0.2) is 0 Å². The number of aromatic amines is 2. The van der Waals surface area contributed by atoms with Crippen molar-refractivity contribution >= 4 is 26.9 Å². The maximum atomic E-state index is 12.9. The molecular formula is C15H19N3O7S. The van der Waals surface area contributed by atoms with E-state index < -0.39 is 33.8 Å². The third-order valence-corrected chi connectivity index (χ3v) is 5.35. The first-order valence-electron chi connectivity index (χ1n) is 7.70. The first-order valence-corrected chi connectivity index (χ1v) is 9.14. The van der Waals surface area contributed by atoms with Gasteiger partial charge in [0.1, 0.15) is 6.54 Å². The highest BCUT2D eigenvalue weighted by Gasteiger charge is 2.27. The van der Waals surface area contributed by atoms with Crippen LogP contribution in [0.5, 0.6) is 0 Å². The van der Waals surface area contributed by atoms with Crippen molar-refractivity contribution < 1.29 is 22.7 Å². The number of hydrogen-bond donors (Lipinski definition) is 2. The molecule has 0 bridgehead atoms. The highest BCUT2D eigenvalue weighted by Crippen LogP contribution is 2.18. The van der Waals surface area contributed by atoms with E-state index in [9.17, 15) is 22.8 Å². The Balaban J connectivity index is 2.47. The van der Waals surface area contributed by atoms with Gasteiger partial charge in [-0.15, -0.1) is 0 Å². The smallest absolute Gasteiger partial charge is 0.326 e. The molecule has 0 aliphatic heterocycles. The van der Waals surface area contributed by atoms with Gasteiger partial charge in [0.05, 0.1) is 29.0 Å². The Kier molecular flexibility index (Phi) is 6.29. The van der Waals surface area contributed by atoms with E-state index in [1.54, 1.807) is 6.92 Å². The number of aromatic nitrogens is 2. The highest BCUT2D eigenvalue weighted by molar-refractivity contribution is 7.89. The Morgan fingerprint density at radius 3 is 2.62 bits per heavy atom. The second-order valence-corrected chi connectivity index (χ2v) is 7.19. The Morgan fingerprint density at radius 2 is 1.96 bits per heavy atom. The van der Waals surface area contributed by atoms with E-state index in [2.05, 4.69) is 4.98 Å². The average molecular weight is 385 g/mol. The van der Waals surface area contributed by atoms with Gasteiger partial charge in [-0.1, -0.05) is 0 Å². The number of ether oxygens (including phenoxy) is 2. The van der Waals surface area contributed by atoms with Crippen molar-refractivity contribution in [3.8, 4) is 0 Å². The number of fused-ring (bicyclic) bond motifs is 1. The number of H-pyrrole nitrogens is 2. The molecule has 0 radical (unpaired) electrons. The van der Waals surface area contributed by atoms with Crippen LogP contribution in [0.2, 0.25) is 0 Å². The van der Waals surface area contributed by atoms with Gasteiger partial charge in [0.2, 0.25) is 10.0 Å². The summed E-state index contributed by atoms with van der Waals surface area (Å²) in [6, 6.07) is 3.71. The lowest BCUT2D eigenvalue weighted by atomic mass is 10.2. The first-order chi connectivity index (χ1) is 12.3. The molecule has 0 saturated heterocycles. The van der Waals surface area contributed by atoms with E-state index in [1.165, 1.54) is 19.2 Å². The van der Waals surface area contributed by atoms with Gasteiger partial charge in [-0.3, -0.25) is 14.6 Å². The Bertz CT molecular complexity index is 1010. The van der Waals surface area contributed by atoms with Crippen molar-refractivity contribution in [2.45, 2.75) is 11.8 Å². The van der Waals surface area contributed by atoms with Gasteiger partial charge < -0.3 is 14.5 Å². The van der Waals surface area contributed by atoms with Crippen LogP contribution in [0.4, 0.5) is 0 Å². The molecule has 0 amide bonds. The van der Waals surface area contributed by atoms with Crippen molar-refractivity contribution in [1.82, 2.24) is 14.3 Å². The standard InChI is InChI=1S/C15H19N3O7S/c1-3-25-13(19)9-18(6-7-24-2)26(22,23)10-4-5-12-11(8-10)14(20)17-15(21)16-12/h4-5,8H,3,6-7,9H2,1-2H3,(H2,16,17,20,21). The lowest BCUT2D eigenvalue weighted by Gasteiger charge is -2.21. The van der Waals surface area contributed by atoms with Crippen LogP contribution in [-0.2, 0) is 24.3 Å². The molecule has 10 nitrogen and oxygen atoms in total. The van der Waals surface area contributed by atoms with Crippen molar-refractivity contribution in [2.24, 2.45) is 0 Å². The molecule has 0 aliphatic rings. The van der Waals surface area contributed by atoms with Crippen LogP contribution in [0.3, 0.4) is 0 Å². The predicted octanol–water partition coefficient (Wildman–Crippen LogP) is -0.583. The van der Waals surface area contributed by atoms with E-state index in [1.807, 2.05) is 4.98 Å². The lowest BCUT2D eigenvalue weighted by Crippen LogP contribution is -2.38. The fourth-order valence-electron chi connectivity index (χ4n) is 2.28. The van der Waals surface area contributed by atoms with E-state index in [4.69, 9.17) is 9.47 Å². The minimum absolute atomic E-state index is 0.00787. The van der Waals surface area contributed by atoms with Gasteiger partial charge in [-0.2, -0.15) is 4.31 Å². The number of carbonyl (C=O) groups excluding carboxylic acids is 1. The Morgan fingerprint density at radius 1 is 1.23 bits per heavy atom. The minimum Gasteiger partial charge on any atom is -0.465 e. The van der Waals surface area contributed by atoms with Crippen molar-refractivity contribution in [3.05, 3.63) is 39.0 Å². The highest BCUT2D eigenvalue weighted by atomic mass is 32.2. The topological polar surface area (TPSA) is 139 Å². The van der Waals surface area contributed by atoms with E-state index in [0.29, 0.717) is 0 Å². The normalized spacial score (nSPS) is 11.8. The molecule has 1 aromatic heterocycles. The SMILES string of the molecule is CCOC(=O)CN(CCOC)S(=O)(=O)c1ccc2[nH]c(=O)[nH]c(=O)c2c1. The second kappa shape index (κ2) is 8.25. The van der Waals surface area contributed by atoms with Crippen LogP contribution >= 0.6 is 0 Å². The third kappa shape index (κ3) is 4.36. The molecule has 0 aliphatic carbocycles. The van der Waals surface area contributed by atoms with Crippen molar-refractivity contribution in [1.29, 1.82) is 0 Å². The molecule has 1 heterocycles. The lowest BCUT2D eigenvalue weighted by molar-refractivity contribution is -0.143. The molecule has 0 unspecified atom stereocenters. The summed E-state index contributed by atoms with van der Waals surface area (Å²) in [6.07, 6.45) is 0. The molecule has 1 aromatic carbocycles. The Hall–Kier alpha value is -2.50. The average Bonchev–Trinajstić information content (AvgIpc) is 2.58. The summed E-state index contributed by atoms with van der Waals surface area (Å²) in [5, 5.41) is 0.00787. The monoisotopic (exact) mass is 385 g/mol. The number of nitrogens with one attached hydrogen (secondary N) is 2. The summed E-state index contributed by atoms with van der Waals surface area (Å²) in [5.41, 5.74) is -1.21. The number of rotatable bonds is 8. The molecule has 11 heteroatoms. The zero-order valence-corrected chi connectivity index (χ0v) is 15.1. The summed E-state index contributed by atoms with van der Waals surface area (Å²) in [6.45, 7) is 1.25. The number of nitrogens with zero attached hydrogens (tertiary/aromatic N) is 1. The summed E-state index contributed by atoms with van der Waals surface area (Å²) in [5.74, 6) is -0.699. The fourth-order valence-corrected chi connectivity index (χ4v) is 3.68. The summed E-state index contributed by atoms with van der Waals surface area (Å²) >= 11 is 0. The Labute approximate surface area is 148 Å². The first kappa shape index (κ1) is 19.8. The molecule has 0 spiro atoms. The molecule has 2 N–H and O–H groups in total.